The summed E-state index contributed by atoms with van der Waals surface area (Å²) in [6, 6.07) is 25.5. The number of rotatable bonds is 4. The summed E-state index contributed by atoms with van der Waals surface area (Å²) in [5.41, 5.74) is 6.48. The average Bonchev–Trinajstić information content (AvgIpc) is 3.05. The van der Waals surface area contributed by atoms with Crippen molar-refractivity contribution in [2.24, 2.45) is 0 Å². The van der Waals surface area contributed by atoms with Gasteiger partial charge in [0.05, 0.1) is 0 Å². The normalized spacial score (nSPS) is 19.8. The lowest BCUT2D eigenvalue weighted by Crippen LogP contribution is -2.42. The monoisotopic (exact) mass is 384 g/mol. The van der Waals surface area contributed by atoms with Gasteiger partial charge in [-0.05, 0) is 30.7 Å². The zero-order valence-corrected chi connectivity index (χ0v) is 16.1. The Morgan fingerprint density at radius 3 is 2.24 bits per heavy atom. The predicted molar refractivity (Wildman–Crippen MR) is 112 cm³/mol. The van der Waals surface area contributed by atoms with E-state index in [1.54, 1.807) is 28.9 Å². The van der Waals surface area contributed by atoms with Gasteiger partial charge in [-0.1, -0.05) is 66.7 Å². The van der Waals surface area contributed by atoms with Gasteiger partial charge in [-0.2, -0.15) is 0 Å². The third-order valence-corrected chi connectivity index (χ3v) is 5.07. The van der Waals surface area contributed by atoms with Gasteiger partial charge >= 0.3 is 5.91 Å². The van der Waals surface area contributed by atoms with Gasteiger partial charge < -0.3 is 5.32 Å². The molecule has 2 N–H and O–H groups in total. The Kier molecular flexibility index (Phi) is 5.20. The van der Waals surface area contributed by atoms with E-state index in [1.807, 2.05) is 73.8 Å². The first-order chi connectivity index (χ1) is 14.1. The Morgan fingerprint density at radius 2 is 1.55 bits per heavy atom. The van der Waals surface area contributed by atoms with Gasteiger partial charge in [0.1, 0.15) is 0 Å². The fraction of sp³-hybridized carbons (Fsp3) is 0.125. The number of aryl methyl sites for hydroxylation is 1. The molecule has 0 radical (unpaired) electrons. The summed E-state index contributed by atoms with van der Waals surface area (Å²) < 4.78 is 1.79. The first kappa shape index (κ1) is 18.6. The Hall–Kier alpha value is -3.73. The van der Waals surface area contributed by atoms with Gasteiger partial charge in [0.25, 0.3) is 5.91 Å². The number of carbonyl (C=O) groups excluding carboxylic acids is 2. The Labute approximate surface area is 169 Å². The van der Waals surface area contributed by atoms with Gasteiger partial charge in [-0.15, -0.1) is 10.1 Å². The van der Waals surface area contributed by atoms with Crippen molar-refractivity contribution in [3.8, 4) is 0 Å². The molecule has 29 heavy (non-hydrogen) atoms. The maximum absolute atomic E-state index is 12.8. The molecule has 3 aromatic rings. The number of hydrogen-bond donors (Lipinski definition) is 2. The second-order valence-electron chi connectivity index (χ2n) is 7.04. The van der Waals surface area contributed by atoms with Crippen molar-refractivity contribution in [3.63, 3.8) is 0 Å². The number of carbonyl (C=O) groups is 2. The molecule has 1 aliphatic rings. The van der Waals surface area contributed by atoms with E-state index in [0.29, 0.717) is 5.56 Å². The van der Waals surface area contributed by atoms with E-state index in [1.165, 1.54) is 0 Å². The van der Waals surface area contributed by atoms with Crippen molar-refractivity contribution in [3.05, 3.63) is 107 Å². The second kappa shape index (κ2) is 8.10. The Bertz CT molecular complexity index is 1060. The first-order valence-corrected chi connectivity index (χ1v) is 9.54. The van der Waals surface area contributed by atoms with E-state index < -0.39 is 6.04 Å². The van der Waals surface area contributed by atoms with E-state index >= 15 is 0 Å². The fourth-order valence-corrected chi connectivity index (χ4v) is 3.53. The van der Waals surface area contributed by atoms with Gasteiger partial charge in [0.2, 0.25) is 12.3 Å². The lowest BCUT2D eigenvalue weighted by Gasteiger charge is -2.14. The van der Waals surface area contributed by atoms with Crippen molar-refractivity contribution < 1.29 is 14.3 Å². The zero-order valence-electron chi connectivity index (χ0n) is 16.1. The smallest absolute Gasteiger partial charge is 0.304 e. The molecule has 0 unspecified atom stereocenters. The number of amides is 2. The van der Waals surface area contributed by atoms with Crippen LogP contribution >= 0.6 is 0 Å². The fourth-order valence-electron chi connectivity index (χ4n) is 3.53. The van der Waals surface area contributed by atoms with E-state index in [4.69, 9.17) is 0 Å². The lowest BCUT2D eigenvalue weighted by molar-refractivity contribution is -0.596. The highest BCUT2D eigenvalue weighted by Crippen LogP contribution is 2.25. The van der Waals surface area contributed by atoms with Crippen LogP contribution in [0, 0.1) is 6.92 Å². The molecule has 1 heterocycles. The molecule has 1 aliphatic heterocycles. The molecular weight excluding hydrogens is 362 g/mol. The summed E-state index contributed by atoms with van der Waals surface area (Å²) in [4.78, 5) is 25.5. The molecule has 2 atom stereocenters. The molecule has 0 spiro atoms. The molecular formula is C24H22N3O2+. The van der Waals surface area contributed by atoms with Crippen LogP contribution < -0.4 is 10.7 Å². The van der Waals surface area contributed by atoms with Crippen LogP contribution in [0.25, 0.3) is 0 Å². The molecule has 0 aliphatic carbocycles. The van der Waals surface area contributed by atoms with E-state index in [2.05, 4.69) is 10.7 Å². The summed E-state index contributed by atoms with van der Waals surface area (Å²) in [5, 5.41) is 2.91. The molecule has 144 valence electrons. The van der Waals surface area contributed by atoms with E-state index in [0.717, 1.165) is 16.7 Å². The lowest BCUT2D eigenvalue weighted by atomic mass is 9.99. The van der Waals surface area contributed by atoms with E-state index in [9.17, 15) is 9.59 Å². The molecule has 5 heteroatoms. The molecule has 2 amide bonds. The SMILES string of the molecule is Cc1ccccc1/C=[N+]1\NC(=O)[C@H](NC(=O)c2ccccc2)[C@H]1c1ccccc1. The predicted octanol–water partition coefficient (Wildman–Crippen LogP) is 3.01. The van der Waals surface area contributed by atoms with Crippen molar-refractivity contribution in [2.45, 2.75) is 19.0 Å². The molecule has 1 saturated heterocycles. The summed E-state index contributed by atoms with van der Waals surface area (Å²) >= 11 is 0. The number of benzene rings is 3. The van der Waals surface area contributed by atoms with Crippen LogP contribution in [-0.2, 0) is 4.79 Å². The molecule has 0 saturated carbocycles. The summed E-state index contributed by atoms with van der Waals surface area (Å²) in [6.07, 6.45) is 1.92. The number of nitrogens with one attached hydrogen (secondary N) is 2. The zero-order chi connectivity index (χ0) is 20.2. The minimum atomic E-state index is -0.717. The van der Waals surface area contributed by atoms with Crippen LogP contribution in [-0.4, -0.2) is 28.8 Å². The Morgan fingerprint density at radius 1 is 0.931 bits per heavy atom. The van der Waals surface area contributed by atoms with Crippen LogP contribution in [0.4, 0.5) is 0 Å². The maximum Gasteiger partial charge on any atom is 0.304 e. The molecule has 3 aromatic carbocycles. The minimum Gasteiger partial charge on any atom is -0.334 e. The first-order valence-electron chi connectivity index (χ1n) is 9.54. The van der Waals surface area contributed by atoms with Crippen molar-refractivity contribution in [1.82, 2.24) is 10.7 Å². The Balaban J connectivity index is 1.71. The minimum absolute atomic E-state index is 0.243. The highest BCUT2D eigenvalue weighted by atomic mass is 16.2. The average molecular weight is 384 g/mol. The van der Waals surface area contributed by atoms with Crippen LogP contribution in [0.1, 0.15) is 33.1 Å². The van der Waals surface area contributed by atoms with Crippen LogP contribution in [0.3, 0.4) is 0 Å². The van der Waals surface area contributed by atoms with Gasteiger partial charge in [-0.3, -0.25) is 9.59 Å². The highest BCUT2D eigenvalue weighted by Gasteiger charge is 2.47. The maximum atomic E-state index is 12.8. The second-order valence-corrected chi connectivity index (χ2v) is 7.04. The van der Waals surface area contributed by atoms with Crippen molar-refractivity contribution in [1.29, 1.82) is 0 Å². The standard InChI is InChI=1S/C24H21N3O2/c1-17-10-8-9-15-20(17)16-27-22(18-11-4-2-5-12-18)21(24(29)26-27)25-23(28)19-13-6-3-7-14-19/h2-16,21-22H,1H3,(H-,25,26,28,29)/p+1/b27-16-/t21-,22-/m1/s1. The molecule has 0 bridgehead atoms. The molecule has 4 rings (SSSR count). The third kappa shape index (κ3) is 3.94. The summed E-state index contributed by atoms with van der Waals surface area (Å²) in [6.45, 7) is 2.02. The van der Waals surface area contributed by atoms with Gasteiger partial charge in [0, 0.05) is 16.7 Å². The highest BCUT2D eigenvalue weighted by molar-refractivity contribution is 5.98. The number of hydrogen-bond acceptors (Lipinski definition) is 2. The largest absolute Gasteiger partial charge is 0.334 e. The third-order valence-electron chi connectivity index (χ3n) is 5.07. The summed E-state index contributed by atoms with van der Waals surface area (Å²) in [7, 11) is 0. The van der Waals surface area contributed by atoms with Crippen LogP contribution in [0.2, 0.25) is 0 Å². The number of nitrogens with zero attached hydrogens (tertiary/aromatic N) is 1. The van der Waals surface area contributed by atoms with Crippen molar-refractivity contribution in [2.75, 3.05) is 0 Å². The van der Waals surface area contributed by atoms with Gasteiger partial charge in [-0.25, -0.2) is 0 Å². The quantitative estimate of drug-likeness (QED) is 0.680. The molecule has 0 aromatic heterocycles. The van der Waals surface area contributed by atoms with Crippen LogP contribution in [0.15, 0.2) is 84.9 Å². The van der Waals surface area contributed by atoms with Crippen LogP contribution in [0.5, 0.6) is 0 Å². The number of hydrazine groups is 1. The summed E-state index contributed by atoms with van der Waals surface area (Å²) in [5.74, 6) is -0.516. The molecule has 1 fully saturated rings. The molecule has 5 nitrogen and oxygen atoms in total. The number of hydrazone groups is 1. The van der Waals surface area contributed by atoms with Crippen molar-refractivity contribution >= 4 is 18.0 Å². The topological polar surface area (TPSA) is 61.2 Å². The van der Waals surface area contributed by atoms with E-state index in [-0.39, 0.29) is 17.9 Å². The van der Waals surface area contributed by atoms with Gasteiger partial charge in [0.15, 0.2) is 6.04 Å².